The second-order valence-electron chi connectivity index (χ2n) is 3.53. The van der Waals surface area contributed by atoms with Gasteiger partial charge in [-0.2, -0.15) is 5.26 Å². The number of nitrogens with zero attached hydrogens (tertiary/aromatic N) is 1. The van der Waals surface area contributed by atoms with E-state index < -0.39 is 0 Å². The highest BCUT2D eigenvalue weighted by molar-refractivity contribution is 9.10. The van der Waals surface area contributed by atoms with Gasteiger partial charge in [-0.1, -0.05) is 27.7 Å². The molecule has 90 valence electrons. The number of ether oxygens (including phenoxy) is 1. The van der Waals surface area contributed by atoms with Gasteiger partial charge >= 0.3 is 0 Å². The van der Waals surface area contributed by atoms with Crippen LogP contribution in [-0.4, -0.2) is 7.11 Å². The lowest BCUT2D eigenvalue weighted by Crippen LogP contribution is -1.86. The van der Waals surface area contributed by atoms with Crippen molar-refractivity contribution in [1.82, 2.24) is 0 Å². The minimum atomic E-state index is 0.667. The summed E-state index contributed by atoms with van der Waals surface area (Å²) in [5, 5.41) is 8.75. The maximum Gasteiger partial charge on any atom is 0.132 e. The van der Waals surface area contributed by atoms with E-state index in [2.05, 4.69) is 22.0 Å². The first kappa shape index (κ1) is 13.0. The molecule has 0 aliphatic rings. The summed E-state index contributed by atoms with van der Waals surface area (Å²) < 4.78 is 6.34. The Kier molecular flexibility index (Phi) is 4.29. The predicted molar refractivity (Wildman–Crippen MR) is 76.0 cm³/mol. The highest BCUT2D eigenvalue weighted by atomic mass is 79.9. The second kappa shape index (κ2) is 5.94. The summed E-state index contributed by atoms with van der Waals surface area (Å²) >= 11 is 5.06. The molecule has 0 unspecified atom stereocenters. The van der Waals surface area contributed by atoms with Gasteiger partial charge in [0.2, 0.25) is 0 Å². The summed E-state index contributed by atoms with van der Waals surface area (Å²) in [6, 6.07) is 15.5. The fourth-order valence-corrected chi connectivity index (χ4v) is 2.93. The molecule has 2 nitrogen and oxygen atoms in total. The molecular weight excluding hydrogens is 310 g/mol. The Morgan fingerprint density at radius 2 is 1.89 bits per heavy atom. The second-order valence-corrected chi connectivity index (χ2v) is 5.56. The summed E-state index contributed by atoms with van der Waals surface area (Å²) in [5.74, 6) is 0.840. The molecule has 0 atom stereocenters. The molecule has 2 aromatic carbocycles. The van der Waals surface area contributed by atoms with Gasteiger partial charge in [0.15, 0.2) is 0 Å². The highest BCUT2D eigenvalue weighted by Gasteiger charge is 2.05. The first-order chi connectivity index (χ1) is 8.72. The fraction of sp³-hybridized carbons (Fsp3) is 0.0714. The number of nitriles is 1. The van der Waals surface area contributed by atoms with Crippen molar-refractivity contribution in [3.05, 3.63) is 52.5 Å². The molecule has 0 saturated heterocycles. The van der Waals surface area contributed by atoms with Crippen molar-refractivity contribution in [1.29, 1.82) is 5.26 Å². The Balaban J connectivity index is 2.27. The topological polar surface area (TPSA) is 33.0 Å². The van der Waals surface area contributed by atoms with Crippen molar-refractivity contribution in [2.75, 3.05) is 7.11 Å². The number of methoxy groups -OCH3 is 1. The van der Waals surface area contributed by atoms with E-state index in [9.17, 15) is 0 Å². The van der Waals surface area contributed by atoms with Crippen molar-refractivity contribution < 1.29 is 4.74 Å². The zero-order valence-electron chi connectivity index (χ0n) is 9.68. The molecule has 4 heteroatoms. The largest absolute Gasteiger partial charge is 0.496 e. The van der Waals surface area contributed by atoms with Crippen LogP contribution in [0.2, 0.25) is 0 Å². The summed E-state index contributed by atoms with van der Waals surface area (Å²) in [6.45, 7) is 0. The van der Waals surface area contributed by atoms with Gasteiger partial charge in [0.25, 0.3) is 0 Å². The smallest absolute Gasteiger partial charge is 0.132 e. The van der Waals surface area contributed by atoms with Gasteiger partial charge in [-0.25, -0.2) is 0 Å². The van der Waals surface area contributed by atoms with Crippen molar-refractivity contribution >= 4 is 27.7 Å². The van der Waals surface area contributed by atoms with Crippen molar-refractivity contribution in [2.45, 2.75) is 9.79 Å². The van der Waals surface area contributed by atoms with E-state index in [1.54, 1.807) is 18.9 Å². The van der Waals surface area contributed by atoms with Crippen LogP contribution < -0.4 is 4.74 Å². The van der Waals surface area contributed by atoms with Gasteiger partial charge in [0, 0.05) is 9.37 Å². The Hall–Kier alpha value is -1.44. The minimum Gasteiger partial charge on any atom is -0.496 e. The SMILES string of the molecule is COc1ccc(Br)cc1Sc1ccc(C#N)cc1. The van der Waals surface area contributed by atoms with E-state index in [0.29, 0.717) is 5.56 Å². The highest BCUT2D eigenvalue weighted by Crippen LogP contribution is 2.36. The van der Waals surface area contributed by atoms with E-state index in [4.69, 9.17) is 10.00 Å². The number of hydrogen-bond donors (Lipinski definition) is 0. The van der Waals surface area contributed by atoms with Crippen LogP contribution in [0.5, 0.6) is 5.75 Å². The van der Waals surface area contributed by atoms with Gasteiger partial charge in [-0.15, -0.1) is 0 Å². The summed E-state index contributed by atoms with van der Waals surface area (Å²) in [6.07, 6.45) is 0. The first-order valence-electron chi connectivity index (χ1n) is 5.24. The van der Waals surface area contributed by atoms with Crippen molar-refractivity contribution in [3.8, 4) is 11.8 Å². The van der Waals surface area contributed by atoms with E-state index in [1.165, 1.54) is 0 Å². The third-order valence-corrected chi connectivity index (χ3v) is 3.88. The van der Waals surface area contributed by atoms with Crippen LogP contribution in [0.15, 0.2) is 56.7 Å². The van der Waals surface area contributed by atoms with Gasteiger partial charge in [0.05, 0.1) is 23.6 Å². The molecule has 0 aliphatic carbocycles. The van der Waals surface area contributed by atoms with Gasteiger partial charge in [-0.05, 0) is 42.5 Å². The van der Waals surface area contributed by atoms with Crippen LogP contribution >= 0.6 is 27.7 Å². The third-order valence-electron chi connectivity index (χ3n) is 2.34. The van der Waals surface area contributed by atoms with Crippen LogP contribution in [0.25, 0.3) is 0 Å². The molecule has 2 rings (SSSR count). The molecule has 0 radical (unpaired) electrons. The van der Waals surface area contributed by atoms with Crippen LogP contribution in [0.3, 0.4) is 0 Å². The maximum atomic E-state index is 8.75. The van der Waals surface area contributed by atoms with Gasteiger partial charge in [0.1, 0.15) is 5.75 Å². The third kappa shape index (κ3) is 3.06. The van der Waals surface area contributed by atoms with Crippen LogP contribution in [-0.2, 0) is 0 Å². The maximum absolute atomic E-state index is 8.75. The molecule has 18 heavy (non-hydrogen) atoms. The zero-order valence-corrected chi connectivity index (χ0v) is 12.1. The molecule has 2 aromatic rings. The lowest BCUT2D eigenvalue weighted by atomic mass is 10.2. The summed E-state index contributed by atoms with van der Waals surface area (Å²) in [7, 11) is 1.66. The van der Waals surface area contributed by atoms with E-state index in [-0.39, 0.29) is 0 Å². The molecule has 0 spiro atoms. The van der Waals surface area contributed by atoms with Crippen molar-refractivity contribution in [3.63, 3.8) is 0 Å². The van der Waals surface area contributed by atoms with Crippen LogP contribution in [0.1, 0.15) is 5.56 Å². The van der Waals surface area contributed by atoms with E-state index in [1.807, 2.05) is 42.5 Å². The average Bonchev–Trinajstić information content (AvgIpc) is 2.40. The molecule has 0 aromatic heterocycles. The molecule has 0 amide bonds. The number of rotatable bonds is 3. The average molecular weight is 320 g/mol. The van der Waals surface area contributed by atoms with Gasteiger partial charge in [-0.3, -0.25) is 0 Å². The van der Waals surface area contributed by atoms with E-state index in [0.717, 1.165) is 20.0 Å². The molecular formula is C14H10BrNOS. The van der Waals surface area contributed by atoms with E-state index >= 15 is 0 Å². The summed E-state index contributed by atoms with van der Waals surface area (Å²) in [4.78, 5) is 2.11. The Morgan fingerprint density at radius 3 is 2.50 bits per heavy atom. The first-order valence-corrected chi connectivity index (χ1v) is 6.85. The predicted octanol–water partition coefficient (Wildman–Crippen LogP) is 4.48. The van der Waals surface area contributed by atoms with Crippen molar-refractivity contribution in [2.24, 2.45) is 0 Å². The van der Waals surface area contributed by atoms with Gasteiger partial charge < -0.3 is 4.74 Å². The quantitative estimate of drug-likeness (QED) is 0.836. The molecule has 0 fully saturated rings. The fourth-order valence-electron chi connectivity index (χ4n) is 1.45. The molecule has 0 heterocycles. The van der Waals surface area contributed by atoms with Crippen LogP contribution in [0.4, 0.5) is 0 Å². The Bertz CT molecular complexity index is 590. The molecule has 0 N–H and O–H groups in total. The Labute approximate surface area is 119 Å². The standard InChI is InChI=1S/C14H10BrNOS/c1-17-13-7-4-11(15)8-14(13)18-12-5-2-10(9-16)3-6-12/h2-8H,1H3. The number of benzene rings is 2. The number of hydrogen-bond acceptors (Lipinski definition) is 3. The normalized spacial score (nSPS) is 9.83. The lowest BCUT2D eigenvalue weighted by Gasteiger charge is -2.08. The molecule has 0 aliphatic heterocycles. The monoisotopic (exact) mass is 319 g/mol. The minimum absolute atomic E-state index is 0.667. The summed E-state index contributed by atoms with van der Waals surface area (Å²) in [5.41, 5.74) is 0.667. The Morgan fingerprint density at radius 1 is 1.17 bits per heavy atom. The zero-order chi connectivity index (χ0) is 13.0. The molecule has 0 saturated carbocycles. The number of halogens is 1. The lowest BCUT2D eigenvalue weighted by molar-refractivity contribution is 0.404. The van der Waals surface area contributed by atoms with Crippen LogP contribution in [0, 0.1) is 11.3 Å². The molecule has 0 bridgehead atoms.